The van der Waals surface area contributed by atoms with Crippen LogP contribution in [0.25, 0.3) is 0 Å². The third kappa shape index (κ3) is 1.34. The van der Waals surface area contributed by atoms with Gasteiger partial charge in [-0.2, -0.15) is 0 Å². The Balaban J connectivity index is 2.69. The Morgan fingerprint density at radius 2 is 1.62 bits per heavy atom. The second-order valence-electron chi connectivity index (χ2n) is 2.86. The smallest absolute Gasteiger partial charge is 0.0944 e. The van der Waals surface area contributed by atoms with Crippen LogP contribution in [0.3, 0.4) is 0 Å². The Morgan fingerprint density at radius 3 is 1.88 bits per heavy atom. The van der Waals surface area contributed by atoms with Crippen molar-refractivity contribution in [1.29, 1.82) is 0 Å². The maximum absolute atomic E-state index is 2.38. The SMILES string of the molecule is C[Si]1(C)C=CCC=C1. The Hall–Kier alpha value is -0.303. The Labute approximate surface area is 51.9 Å². The lowest BCUT2D eigenvalue weighted by Gasteiger charge is -2.13. The Kier molecular flexibility index (Phi) is 1.38. The first kappa shape index (κ1) is 5.83. The molecule has 0 N–H and O–H groups in total. The zero-order chi connectivity index (χ0) is 6.04. The van der Waals surface area contributed by atoms with Crippen LogP contribution in [0, 0.1) is 0 Å². The van der Waals surface area contributed by atoms with E-state index in [9.17, 15) is 0 Å². The van der Waals surface area contributed by atoms with E-state index in [0.29, 0.717) is 0 Å². The van der Waals surface area contributed by atoms with E-state index in [4.69, 9.17) is 0 Å². The standard InChI is InChI=1S/C7H12Si/c1-8(2)6-4-3-5-7-8/h4-7H,3H2,1-2H3. The molecule has 0 bridgehead atoms. The minimum Gasteiger partial charge on any atom is -0.0944 e. The molecule has 1 rings (SSSR count). The first-order valence-electron chi connectivity index (χ1n) is 3.06. The van der Waals surface area contributed by atoms with Gasteiger partial charge in [0.1, 0.15) is 0 Å². The van der Waals surface area contributed by atoms with Crippen molar-refractivity contribution in [1.82, 2.24) is 0 Å². The van der Waals surface area contributed by atoms with Crippen LogP contribution in [-0.4, -0.2) is 8.07 Å². The fourth-order valence-electron chi connectivity index (χ4n) is 0.878. The van der Waals surface area contributed by atoms with Gasteiger partial charge in [0.05, 0.1) is 8.07 Å². The Morgan fingerprint density at radius 1 is 1.12 bits per heavy atom. The van der Waals surface area contributed by atoms with Gasteiger partial charge in [-0.15, -0.1) is 0 Å². The quantitative estimate of drug-likeness (QED) is 0.435. The average Bonchev–Trinajstić information content (AvgIpc) is 1.65. The molecule has 0 aromatic carbocycles. The van der Waals surface area contributed by atoms with Gasteiger partial charge in [-0.1, -0.05) is 36.6 Å². The summed E-state index contributed by atoms with van der Waals surface area (Å²) in [7, 11) is -0.952. The molecule has 1 aliphatic heterocycles. The maximum Gasteiger partial charge on any atom is 0.0947 e. The number of allylic oxidation sites excluding steroid dienone is 2. The predicted octanol–water partition coefficient (Wildman–Crippen LogP) is 2.29. The summed E-state index contributed by atoms with van der Waals surface area (Å²) < 4.78 is 0. The van der Waals surface area contributed by atoms with E-state index in [1.165, 1.54) is 0 Å². The summed E-state index contributed by atoms with van der Waals surface area (Å²) >= 11 is 0. The highest BCUT2D eigenvalue weighted by Gasteiger charge is 2.12. The second kappa shape index (κ2) is 1.90. The highest BCUT2D eigenvalue weighted by molar-refractivity contribution is 6.86. The molecule has 0 radical (unpaired) electrons. The topological polar surface area (TPSA) is 0 Å². The van der Waals surface area contributed by atoms with E-state index < -0.39 is 8.07 Å². The van der Waals surface area contributed by atoms with Gasteiger partial charge in [-0.05, 0) is 6.42 Å². The number of rotatable bonds is 0. The van der Waals surface area contributed by atoms with Crippen LogP contribution in [0.1, 0.15) is 6.42 Å². The molecular formula is C7H12Si. The monoisotopic (exact) mass is 124 g/mol. The van der Waals surface area contributed by atoms with Gasteiger partial charge in [0.25, 0.3) is 0 Å². The van der Waals surface area contributed by atoms with E-state index in [2.05, 4.69) is 36.6 Å². The summed E-state index contributed by atoms with van der Waals surface area (Å²) in [6.45, 7) is 4.69. The molecule has 1 heteroatoms. The molecule has 8 heavy (non-hydrogen) atoms. The summed E-state index contributed by atoms with van der Waals surface area (Å²) in [5.74, 6) is 0. The van der Waals surface area contributed by atoms with Gasteiger partial charge in [-0.3, -0.25) is 0 Å². The fraction of sp³-hybridized carbons (Fsp3) is 0.429. The molecule has 0 amide bonds. The van der Waals surface area contributed by atoms with E-state index in [-0.39, 0.29) is 0 Å². The molecule has 0 unspecified atom stereocenters. The maximum atomic E-state index is 2.38. The van der Waals surface area contributed by atoms with Crippen LogP contribution >= 0.6 is 0 Å². The van der Waals surface area contributed by atoms with Crippen molar-refractivity contribution in [3.05, 3.63) is 23.6 Å². The molecule has 0 aromatic rings. The van der Waals surface area contributed by atoms with Gasteiger partial charge in [-0.25, -0.2) is 0 Å². The fourth-order valence-corrected chi connectivity index (χ4v) is 2.48. The number of hydrogen-bond acceptors (Lipinski definition) is 0. The Bertz CT molecular complexity index is 117. The van der Waals surface area contributed by atoms with E-state index in [0.717, 1.165) is 6.42 Å². The van der Waals surface area contributed by atoms with E-state index in [1.807, 2.05) is 0 Å². The van der Waals surface area contributed by atoms with Crippen LogP contribution in [-0.2, 0) is 0 Å². The van der Waals surface area contributed by atoms with Crippen LogP contribution in [0.2, 0.25) is 13.1 Å². The summed E-state index contributed by atoms with van der Waals surface area (Å²) in [4.78, 5) is 0. The molecule has 0 atom stereocenters. The summed E-state index contributed by atoms with van der Waals surface area (Å²) in [6.07, 6.45) is 5.69. The summed E-state index contributed by atoms with van der Waals surface area (Å²) in [6, 6.07) is 0. The van der Waals surface area contributed by atoms with Crippen molar-refractivity contribution in [3.8, 4) is 0 Å². The third-order valence-electron chi connectivity index (χ3n) is 1.37. The zero-order valence-corrected chi connectivity index (χ0v) is 6.52. The number of hydrogen-bond donors (Lipinski definition) is 0. The first-order chi connectivity index (χ1) is 3.71. The van der Waals surface area contributed by atoms with E-state index >= 15 is 0 Å². The second-order valence-corrected chi connectivity index (χ2v) is 7.17. The molecule has 0 spiro atoms. The normalized spacial score (nSPS) is 23.8. The van der Waals surface area contributed by atoms with Crippen LogP contribution in [0.15, 0.2) is 23.6 Å². The van der Waals surface area contributed by atoms with Gasteiger partial charge in [0.2, 0.25) is 0 Å². The predicted molar refractivity (Wildman–Crippen MR) is 40.4 cm³/mol. The van der Waals surface area contributed by atoms with Crippen LogP contribution < -0.4 is 0 Å². The van der Waals surface area contributed by atoms with Gasteiger partial charge in [0.15, 0.2) is 0 Å². The average molecular weight is 124 g/mol. The first-order valence-corrected chi connectivity index (χ1v) is 6.22. The molecule has 0 fully saturated rings. The molecule has 0 aliphatic carbocycles. The largest absolute Gasteiger partial charge is 0.0947 e. The lowest BCUT2D eigenvalue weighted by molar-refractivity contribution is 1.38. The highest BCUT2D eigenvalue weighted by atomic mass is 28.3. The van der Waals surface area contributed by atoms with Gasteiger partial charge in [0, 0.05) is 0 Å². The summed E-state index contributed by atoms with van der Waals surface area (Å²) in [5, 5.41) is 0. The van der Waals surface area contributed by atoms with Crippen molar-refractivity contribution < 1.29 is 0 Å². The molecule has 0 saturated carbocycles. The minimum absolute atomic E-state index is 0.952. The van der Waals surface area contributed by atoms with Gasteiger partial charge >= 0.3 is 0 Å². The molecule has 1 aliphatic rings. The lowest BCUT2D eigenvalue weighted by Crippen LogP contribution is -2.20. The zero-order valence-electron chi connectivity index (χ0n) is 5.52. The molecule has 0 saturated heterocycles. The van der Waals surface area contributed by atoms with E-state index in [1.54, 1.807) is 0 Å². The van der Waals surface area contributed by atoms with Crippen LogP contribution in [0.4, 0.5) is 0 Å². The van der Waals surface area contributed by atoms with Crippen molar-refractivity contribution in [2.24, 2.45) is 0 Å². The molecule has 0 nitrogen and oxygen atoms in total. The summed E-state index contributed by atoms with van der Waals surface area (Å²) in [5.41, 5.74) is 4.76. The molecule has 44 valence electrons. The van der Waals surface area contributed by atoms with Crippen molar-refractivity contribution in [2.45, 2.75) is 19.5 Å². The molecule has 0 aromatic heterocycles. The van der Waals surface area contributed by atoms with Crippen LogP contribution in [0.5, 0.6) is 0 Å². The van der Waals surface area contributed by atoms with Crippen molar-refractivity contribution in [2.75, 3.05) is 0 Å². The molecule has 1 heterocycles. The lowest BCUT2D eigenvalue weighted by atomic mass is 10.4. The highest BCUT2D eigenvalue weighted by Crippen LogP contribution is 2.11. The molecular weight excluding hydrogens is 112 g/mol. The minimum atomic E-state index is -0.952. The van der Waals surface area contributed by atoms with Crippen molar-refractivity contribution in [3.63, 3.8) is 0 Å². The van der Waals surface area contributed by atoms with Crippen molar-refractivity contribution >= 4 is 8.07 Å². The van der Waals surface area contributed by atoms with Gasteiger partial charge < -0.3 is 0 Å². The third-order valence-corrected chi connectivity index (χ3v) is 3.56.